The molecule has 1 unspecified atom stereocenters. The Labute approximate surface area is 116 Å². The van der Waals surface area contributed by atoms with Crippen LogP contribution >= 0.6 is 12.4 Å². The van der Waals surface area contributed by atoms with E-state index in [1.165, 1.54) is 38.6 Å². The summed E-state index contributed by atoms with van der Waals surface area (Å²) in [6.45, 7) is 4.33. The fraction of sp³-hybridized carbons (Fsp3) is 0.929. The average Bonchev–Trinajstić information content (AvgIpc) is 2.28. The summed E-state index contributed by atoms with van der Waals surface area (Å²) < 4.78 is 0. The van der Waals surface area contributed by atoms with Gasteiger partial charge in [-0.15, -0.1) is 12.4 Å². The van der Waals surface area contributed by atoms with Gasteiger partial charge in [-0.25, -0.2) is 0 Å². The van der Waals surface area contributed by atoms with Gasteiger partial charge in [-0.1, -0.05) is 6.42 Å². The minimum absolute atomic E-state index is 0. The molecule has 1 spiro atoms. The van der Waals surface area contributed by atoms with Crippen molar-refractivity contribution in [1.29, 1.82) is 0 Å². The number of carbonyl (C=O) groups excluding carboxylic acids is 1. The molecule has 3 fully saturated rings. The van der Waals surface area contributed by atoms with E-state index in [-0.39, 0.29) is 12.4 Å². The molecule has 0 aromatic rings. The lowest BCUT2D eigenvalue weighted by molar-refractivity contribution is -0.142. The lowest BCUT2D eigenvalue weighted by atomic mass is 9.73. The average molecular weight is 273 g/mol. The quantitative estimate of drug-likeness (QED) is 0.794. The minimum Gasteiger partial charge on any atom is -0.342 e. The van der Waals surface area contributed by atoms with E-state index < -0.39 is 0 Å². The van der Waals surface area contributed by atoms with E-state index >= 15 is 0 Å². The first kappa shape index (κ1) is 14.1. The molecule has 4 heteroatoms. The Kier molecular flexibility index (Phi) is 4.54. The Balaban J connectivity index is 0.00000120. The first-order chi connectivity index (χ1) is 8.29. The zero-order valence-electron chi connectivity index (χ0n) is 11.1. The van der Waals surface area contributed by atoms with Crippen molar-refractivity contribution < 1.29 is 4.79 Å². The highest BCUT2D eigenvalue weighted by Crippen LogP contribution is 2.37. The van der Waals surface area contributed by atoms with Crippen LogP contribution in [0, 0.1) is 11.3 Å². The largest absolute Gasteiger partial charge is 0.342 e. The molecule has 0 radical (unpaired) electrons. The first-order valence-electron chi connectivity index (χ1n) is 7.29. The summed E-state index contributed by atoms with van der Waals surface area (Å²) in [5.41, 5.74) is 0.413. The van der Waals surface area contributed by atoms with Crippen molar-refractivity contribution in [2.45, 2.75) is 44.9 Å². The standard InChI is InChI=1S/C14H24N2O.ClH/c17-13(12-4-1-5-12)16-9-3-7-14(11-16)6-2-8-15-10-14;/h12,15H,1-11H2;1H. The van der Waals surface area contributed by atoms with Crippen LogP contribution in [-0.4, -0.2) is 37.0 Å². The van der Waals surface area contributed by atoms with Crippen LogP contribution in [0.5, 0.6) is 0 Å². The molecule has 2 aliphatic heterocycles. The van der Waals surface area contributed by atoms with Crippen LogP contribution in [-0.2, 0) is 4.79 Å². The molecule has 1 aliphatic carbocycles. The van der Waals surface area contributed by atoms with Crippen LogP contribution in [0.2, 0.25) is 0 Å². The van der Waals surface area contributed by atoms with Gasteiger partial charge in [0.15, 0.2) is 0 Å². The van der Waals surface area contributed by atoms with Crippen molar-refractivity contribution in [3.8, 4) is 0 Å². The normalized spacial score (nSPS) is 32.8. The zero-order chi connectivity index (χ0) is 11.7. The number of rotatable bonds is 1. The topological polar surface area (TPSA) is 32.3 Å². The van der Waals surface area contributed by atoms with Crippen molar-refractivity contribution in [3.63, 3.8) is 0 Å². The van der Waals surface area contributed by atoms with E-state index in [0.29, 0.717) is 17.2 Å². The fourth-order valence-corrected chi connectivity index (χ4v) is 3.69. The summed E-state index contributed by atoms with van der Waals surface area (Å²) in [4.78, 5) is 14.5. The Bertz CT molecular complexity index is 293. The third kappa shape index (κ3) is 2.67. The molecule has 0 aromatic heterocycles. The van der Waals surface area contributed by atoms with E-state index in [0.717, 1.165) is 32.5 Å². The van der Waals surface area contributed by atoms with E-state index in [4.69, 9.17) is 0 Å². The maximum Gasteiger partial charge on any atom is 0.225 e. The van der Waals surface area contributed by atoms with E-state index in [9.17, 15) is 4.79 Å². The Morgan fingerprint density at radius 1 is 1.17 bits per heavy atom. The molecule has 1 N–H and O–H groups in total. The molecule has 3 nitrogen and oxygen atoms in total. The number of nitrogens with zero attached hydrogens (tertiary/aromatic N) is 1. The highest BCUT2D eigenvalue weighted by atomic mass is 35.5. The molecule has 0 aromatic carbocycles. The van der Waals surface area contributed by atoms with Crippen LogP contribution in [0.15, 0.2) is 0 Å². The van der Waals surface area contributed by atoms with Crippen LogP contribution in [0.3, 0.4) is 0 Å². The third-order valence-electron chi connectivity index (χ3n) is 4.99. The number of halogens is 1. The molecule has 3 rings (SSSR count). The van der Waals surface area contributed by atoms with Crippen molar-refractivity contribution >= 4 is 18.3 Å². The summed E-state index contributed by atoms with van der Waals surface area (Å²) in [6.07, 6.45) is 8.66. The molecule has 18 heavy (non-hydrogen) atoms. The second kappa shape index (κ2) is 5.79. The van der Waals surface area contributed by atoms with Gasteiger partial charge in [0, 0.05) is 31.0 Å². The molecule has 1 saturated carbocycles. The SMILES string of the molecule is Cl.O=C(C1CCC1)N1CCCC2(CCCNC2)C1. The summed E-state index contributed by atoms with van der Waals surface area (Å²) in [7, 11) is 0. The molecule has 2 heterocycles. The smallest absolute Gasteiger partial charge is 0.225 e. The molecular weight excluding hydrogens is 248 g/mol. The predicted molar refractivity (Wildman–Crippen MR) is 74.9 cm³/mol. The van der Waals surface area contributed by atoms with Crippen molar-refractivity contribution in [2.75, 3.05) is 26.2 Å². The van der Waals surface area contributed by atoms with E-state index in [1.807, 2.05) is 0 Å². The van der Waals surface area contributed by atoms with Gasteiger partial charge in [0.25, 0.3) is 0 Å². The Morgan fingerprint density at radius 2 is 1.94 bits per heavy atom. The summed E-state index contributed by atoms with van der Waals surface area (Å²) in [5, 5.41) is 3.52. The van der Waals surface area contributed by atoms with Crippen LogP contribution in [0.4, 0.5) is 0 Å². The minimum atomic E-state index is 0. The molecule has 1 atom stereocenters. The molecule has 1 amide bonds. The predicted octanol–water partition coefficient (Wildman–Crippen LogP) is 2.20. The number of likely N-dealkylation sites (tertiary alicyclic amines) is 1. The molecule has 3 aliphatic rings. The van der Waals surface area contributed by atoms with Gasteiger partial charge in [0.05, 0.1) is 0 Å². The molecule has 104 valence electrons. The van der Waals surface area contributed by atoms with Crippen molar-refractivity contribution in [1.82, 2.24) is 10.2 Å². The molecule has 0 bridgehead atoms. The van der Waals surface area contributed by atoms with Gasteiger partial charge in [-0.3, -0.25) is 4.79 Å². The second-order valence-corrected chi connectivity index (χ2v) is 6.27. The Hall–Kier alpha value is -0.280. The summed E-state index contributed by atoms with van der Waals surface area (Å²) in [6, 6.07) is 0. The zero-order valence-corrected chi connectivity index (χ0v) is 11.9. The molecular formula is C14H25ClN2O. The third-order valence-corrected chi connectivity index (χ3v) is 4.99. The van der Waals surface area contributed by atoms with Crippen LogP contribution in [0.25, 0.3) is 0 Å². The number of hydrogen-bond acceptors (Lipinski definition) is 2. The highest BCUT2D eigenvalue weighted by molar-refractivity contribution is 5.85. The first-order valence-corrected chi connectivity index (χ1v) is 7.29. The number of amides is 1. The second-order valence-electron chi connectivity index (χ2n) is 6.27. The Morgan fingerprint density at radius 3 is 2.56 bits per heavy atom. The monoisotopic (exact) mass is 272 g/mol. The fourth-order valence-electron chi connectivity index (χ4n) is 3.69. The number of hydrogen-bond donors (Lipinski definition) is 1. The number of carbonyl (C=O) groups is 1. The lowest BCUT2D eigenvalue weighted by Gasteiger charge is -2.46. The summed E-state index contributed by atoms with van der Waals surface area (Å²) in [5.74, 6) is 0.836. The van der Waals surface area contributed by atoms with Gasteiger partial charge >= 0.3 is 0 Å². The van der Waals surface area contributed by atoms with E-state index in [1.54, 1.807) is 0 Å². The molecule has 2 saturated heterocycles. The maximum atomic E-state index is 12.3. The highest BCUT2D eigenvalue weighted by Gasteiger charge is 2.40. The number of piperidine rings is 2. The van der Waals surface area contributed by atoms with Gasteiger partial charge in [-0.05, 0) is 45.1 Å². The van der Waals surface area contributed by atoms with Gasteiger partial charge in [-0.2, -0.15) is 0 Å². The maximum absolute atomic E-state index is 12.3. The van der Waals surface area contributed by atoms with Gasteiger partial charge in [0.1, 0.15) is 0 Å². The van der Waals surface area contributed by atoms with Crippen molar-refractivity contribution in [3.05, 3.63) is 0 Å². The van der Waals surface area contributed by atoms with Crippen LogP contribution < -0.4 is 5.32 Å². The van der Waals surface area contributed by atoms with Crippen LogP contribution in [0.1, 0.15) is 44.9 Å². The van der Waals surface area contributed by atoms with Gasteiger partial charge < -0.3 is 10.2 Å². The summed E-state index contributed by atoms with van der Waals surface area (Å²) >= 11 is 0. The lowest BCUT2D eigenvalue weighted by Crippen LogP contribution is -2.54. The van der Waals surface area contributed by atoms with Gasteiger partial charge in [0.2, 0.25) is 5.91 Å². The number of nitrogens with one attached hydrogen (secondary N) is 1. The van der Waals surface area contributed by atoms with Crippen molar-refractivity contribution in [2.24, 2.45) is 11.3 Å². The van der Waals surface area contributed by atoms with E-state index in [2.05, 4.69) is 10.2 Å².